The van der Waals surface area contributed by atoms with E-state index in [0.717, 1.165) is 38.0 Å². The zero-order chi connectivity index (χ0) is 13.2. The minimum atomic E-state index is 0.849. The second kappa shape index (κ2) is 5.12. The second-order valence-electron chi connectivity index (χ2n) is 5.41. The number of benzene rings is 1. The molecule has 100 valence electrons. The van der Waals surface area contributed by atoms with E-state index in [1.54, 1.807) is 0 Å². The number of allylic oxidation sites excluding steroid dienone is 3. The van der Waals surface area contributed by atoms with Crippen molar-refractivity contribution in [2.24, 2.45) is 0 Å². The van der Waals surface area contributed by atoms with Crippen LogP contribution in [0.4, 0.5) is 5.69 Å². The van der Waals surface area contributed by atoms with Gasteiger partial charge in [0.25, 0.3) is 0 Å². The molecule has 1 heterocycles. The summed E-state index contributed by atoms with van der Waals surface area (Å²) < 4.78 is 5.77. The highest BCUT2D eigenvalue weighted by Gasteiger charge is 2.15. The average Bonchev–Trinajstić information content (AvgIpc) is 2.46. The Morgan fingerprint density at radius 2 is 2.11 bits per heavy atom. The molecule has 1 aliphatic carbocycles. The van der Waals surface area contributed by atoms with E-state index < -0.39 is 0 Å². The SMILES string of the molecule is CC1=C(N(C)c2ccc3c(c2)OCCC3)C=CCC1. The van der Waals surface area contributed by atoms with Gasteiger partial charge in [0, 0.05) is 24.5 Å². The third-order valence-electron chi connectivity index (χ3n) is 4.05. The van der Waals surface area contributed by atoms with Crippen molar-refractivity contribution in [2.45, 2.75) is 32.6 Å². The maximum atomic E-state index is 5.77. The third-order valence-corrected chi connectivity index (χ3v) is 4.05. The predicted octanol–water partition coefficient (Wildman–Crippen LogP) is 4.07. The molecule has 2 heteroatoms. The van der Waals surface area contributed by atoms with Crippen molar-refractivity contribution in [2.75, 3.05) is 18.6 Å². The zero-order valence-electron chi connectivity index (χ0n) is 11.8. The first kappa shape index (κ1) is 12.3. The van der Waals surface area contributed by atoms with Gasteiger partial charge in [-0.05, 0) is 55.9 Å². The Hall–Kier alpha value is -1.70. The Balaban J connectivity index is 1.91. The van der Waals surface area contributed by atoms with Gasteiger partial charge in [-0.3, -0.25) is 0 Å². The van der Waals surface area contributed by atoms with Gasteiger partial charge in [0.2, 0.25) is 0 Å². The molecule has 0 saturated heterocycles. The van der Waals surface area contributed by atoms with Gasteiger partial charge >= 0.3 is 0 Å². The Morgan fingerprint density at radius 3 is 2.95 bits per heavy atom. The molecule has 0 fully saturated rings. The van der Waals surface area contributed by atoms with Crippen LogP contribution in [0.25, 0.3) is 0 Å². The molecule has 0 radical (unpaired) electrons. The number of hydrogen-bond acceptors (Lipinski definition) is 2. The molecule has 0 saturated carbocycles. The Kier molecular flexibility index (Phi) is 3.33. The van der Waals surface area contributed by atoms with E-state index in [9.17, 15) is 0 Å². The van der Waals surface area contributed by atoms with Crippen LogP contribution < -0.4 is 9.64 Å². The number of fused-ring (bicyclic) bond motifs is 1. The summed E-state index contributed by atoms with van der Waals surface area (Å²) in [5, 5.41) is 0. The maximum Gasteiger partial charge on any atom is 0.124 e. The molecule has 0 bridgehead atoms. The summed E-state index contributed by atoms with van der Waals surface area (Å²) in [4.78, 5) is 2.27. The highest BCUT2D eigenvalue weighted by molar-refractivity contribution is 5.59. The van der Waals surface area contributed by atoms with E-state index in [1.807, 2.05) is 0 Å². The molecule has 0 atom stereocenters. The normalized spacial score (nSPS) is 18.0. The van der Waals surface area contributed by atoms with Crippen molar-refractivity contribution < 1.29 is 4.74 Å². The first-order valence-corrected chi connectivity index (χ1v) is 7.11. The van der Waals surface area contributed by atoms with Gasteiger partial charge in [-0.1, -0.05) is 12.1 Å². The van der Waals surface area contributed by atoms with Crippen molar-refractivity contribution >= 4 is 5.69 Å². The molecular formula is C17H21NO. The molecule has 3 rings (SSSR count). The quantitative estimate of drug-likeness (QED) is 0.789. The van der Waals surface area contributed by atoms with E-state index in [0.29, 0.717) is 0 Å². The Labute approximate surface area is 115 Å². The van der Waals surface area contributed by atoms with E-state index in [-0.39, 0.29) is 0 Å². The molecule has 2 aliphatic rings. The van der Waals surface area contributed by atoms with Crippen LogP contribution >= 0.6 is 0 Å². The van der Waals surface area contributed by atoms with E-state index in [1.165, 1.54) is 22.5 Å². The first-order chi connectivity index (χ1) is 9.25. The Bertz CT molecular complexity index is 542. The van der Waals surface area contributed by atoms with Gasteiger partial charge in [-0.15, -0.1) is 0 Å². The second-order valence-corrected chi connectivity index (χ2v) is 5.41. The van der Waals surface area contributed by atoms with Crippen LogP contribution in [0.1, 0.15) is 31.7 Å². The lowest BCUT2D eigenvalue weighted by atomic mass is 10.0. The lowest BCUT2D eigenvalue weighted by molar-refractivity contribution is 0.288. The summed E-state index contributed by atoms with van der Waals surface area (Å²) in [5.74, 6) is 1.06. The van der Waals surface area contributed by atoms with Crippen molar-refractivity contribution in [1.29, 1.82) is 0 Å². The standard InChI is InChI=1S/C17H21NO/c1-13-6-3-4-8-16(13)18(2)15-10-9-14-7-5-11-19-17(14)12-15/h4,8-10,12H,3,5-7,11H2,1-2H3. The summed E-state index contributed by atoms with van der Waals surface area (Å²) in [7, 11) is 2.14. The number of ether oxygens (including phenoxy) is 1. The van der Waals surface area contributed by atoms with Crippen LogP contribution in [0.2, 0.25) is 0 Å². The van der Waals surface area contributed by atoms with Gasteiger partial charge in [0.1, 0.15) is 5.75 Å². The molecule has 0 unspecified atom stereocenters. The zero-order valence-corrected chi connectivity index (χ0v) is 11.8. The monoisotopic (exact) mass is 255 g/mol. The molecular weight excluding hydrogens is 234 g/mol. The van der Waals surface area contributed by atoms with Crippen LogP contribution in [-0.2, 0) is 6.42 Å². The lowest BCUT2D eigenvalue weighted by Crippen LogP contribution is -2.18. The molecule has 1 aliphatic heterocycles. The van der Waals surface area contributed by atoms with Crippen LogP contribution in [0.15, 0.2) is 41.6 Å². The topological polar surface area (TPSA) is 12.5 Å². The average molecular weight is 255 g/mol. The molecule has 0 amide bonds. The molecule has 1 aromatic rings. The van der Waals surface area contributed by atoms with Crippen molar-refractivity contribution in [1.82, 2.24) is 0 Å². The van der Waals surface area contributed by atoms with Crippen LogP contribution in [0.3, 0.4) is 0 Å². The minimum Gasteiger partial charge on any atom is -0.493 e. The van der Waals surface area contributed by atoms with Crippen LogP contribution in [0, 0.1) is 0 Å². The minimum absolute atomic E-state index is 0.849. The number of likely N-dealkylation sites (N-methyl/N-ethyl adjacent to an activating group) is 1. The lowest BCUT2D eigenvalue weighted by Gasteiger charge is -2.27. The fourth-order valence-corrected chi connectivity index (χ4v) is 2.84. The highest BCUT2D eigenvalue weighted by atomic mass is 16.5. The van der Waals surface area contributed by atoms with Crippen LogP contribution in [-0.4, -0.2) is 13.7 Å². The van der Waals surface area contributed by atoms with E-state index in [4.69, 9.17) is 4.74 Å². The molecule has 1 aromatic carbocycles. The highest BCUT2D eigenvalue weighted by Crippen LogP contribution is 2.32. The molecule has 0 aromatic heterocycles. The van der Waals surface area contributed by atoms with E-state index in [2.05, 4.69) is 49.2 Å². The first-order valence-electron chi connectivity index (χ1n) is 7.11. The van der Waals surface area contributed by atoms with Crippen molar-refractivity contribution in [3.63, 3.8) is 0 Å². The summed E-state index contributed by atoms with van der Waals surface area (Å²) in [6.45, 7) is 3.08. The fraction of sp³-hybridized carbons (Fsp3) is 0.412. The number of nitrogens with zero attached hydrogens (tertiary/aromatic N) is 1. The van der Waals surface area contributed by atoms with Gasteiger partial charge in [-0.2, -0.15) is 0 Å². The molecule has 0 spiro atoms. The van der Waals surface area contributed by atoms with Gasteiger partial charge in [-0.25, -0.2) is 0 Å². The van der Waals surface area contributed by atoms with Crippen molar-refractivity contribution in [3.05, 3.63) is 47.2 Å². The van der Waals surface area contributed by atoms with E-state index >= 15 is 0 Å². The predicted molar refractivity (Wildman–Crippen MR) is 79.7 cm³/mol. The summed E-state index contributed by atoms with van der Waals surface area (Å²) in [6, 6.07) is 6.59. The smallest absolute Gasteiger partial charge is 0.124 e. The Morgan fingerprint density at radius 1 is 1.21 bits per heavy atom. The summed E-state index contributed by atoms with van der Waals surface area (Å²) >= 11 is 0. The van der Waals surface area contributed by atoms with Gasteiger partial charge in [0.05, 0.1) is 6.61 Å². The number of hydrogen-bond donors (Lipinski definition) is 0. The number of aryl methyl sites for hydroxylation is 1. The van der Waals surface area contributed by atoms with Gasteiger partial charge < -0.3 is 9.64 Å². The molecule has 19 heavy (non-hydrogen) atoms. The largest absolute Gasteiger partial charge is 0.493 e. The molecule has 2 nitrogen and oxygen atoms in total. The summed E-state index contributed by atoms with van der Waals surface area (Å²) in [6.07, 6.45) is 9.09. The summed E-state index contributed by atoms with van der Waals surface area (Å²) in [5.41, 5.74) is 5.33. The van der Waals surface area contributed by atoms with Crippen LogP contribution in [0.5, 0.6) is 5.75 Å². The third kappa shape index (κ3) is 2.40. The fourth-order valence-electron chi connectivity index (χ4n) is 2.84. The van der Waals surface area contributed by atoms with Crippen molar-refractivity contribution in [3.8, 4) is 5.75 Å². The molecule has 0 N–H and O–H groups in total. The maximum absolute atomic E-state index is 5.77. The van der Waals surface area contributed by atoms with Gasteiger partial charge in [0.15, 0.2) is 0 Å². The number of rotatable bonds is 2. The number of anilines is 1.